The van der Waals surface area contributed by atoms with Crippen molar-refractivity contribution < 1.29 is 4.79 Å². The average molecular weight is 367 g/mol. The predicted octanol–water partition coefficient (Wildman–Crippen LogP) is 7.33. The average Bonchev–Trinajstić information content (AvgIpc) is 2.76. The molecule has 3 atom stereocenters. The zero-order valence-corrected chi connectivity index (χ0v) is 18.8. The zero-order valence-electron chi connectivity index (χ0n) is 18.0. The highest BCUT2D eigenvalue weighted by Crippen LogP contribution is 2.56. The van der Waals surface area contributed by atoms with Crippen molar-refractivity contribution in [1.82, 2.24) is 0 Å². The summed E-state index contributed by atoms with van der Waals surface area (Å²) in [6, 6.07) is 0. The number of hydrogen-bond donors (Lipinski definition) is 0. The highest BCUT2D eigenvalue weighted by molar-refractivity contribution is 8.37. The molecule has 0 aromatic rings. The minimum absolute atomic E-state index is 0.125. The van der Waals surface area contributed by atoms with Gasteiger partial charge in [-0.15, -0.1) is 0 Å². The largest absolute Gasteiger partial charge is 0.303 e. The Kier molecular flexibility index (Phi) is 8.05. The zero-order chi connectivity index (χ0) is 19.3. The number of carbonyl (C=O) groups excluding carboxylic acids is 1. The summed E-state index contributed by atoms with van der Waals surface area (Å²) in [6.07, 6.45) is 15.6. The maximum Gasteiger partial charge on any atom is 0.126 e. The molecule has 0 spiro atoms. The van der Waals surface area contributed by atoms with E-state index in [1.807, 2.05) is 0 Å². The van der Waals surface area contributed by atoms with Crippen LogP contribution in [0.25, 0.3) is 0 Å². The first-order valence-electron chi connectivity index (χ1n) is 10.0. The van der Waals surface area contributed by atoms with Gasteiger partial charge in [0.05, 0.1) is 0 Å². The summed E-state index contributed by atoms with van der Waals surface area (Å²) >= 11 is 0. The van der Waals surface area contributed by atoms with Crippen LogP contribution in [0.4, 0.5) is 0 Å². The van der Waals surface area contributed by atoms with Crippen LogP contribution in [0.5, 0.6) is 0 Å². The first kappa shape index (κ1) is 22.5. The molecule has 0 aliphatic heterocycles. The number of rotatable bonds is 9. The molecular weight excluding hydrogens is 324 g/mol. The lowest BCUT2D eigenvalue weighted by Gasteiger charge is -2.38. The maximum atomic E-state index is 11.5. The molecule has 0 bridgehead atoms. The van der Waals surface area contributed by atoms with Gasteiger partial charge in [0, 0.05) is 5.41 Å². The van der Waals surface area contributed by atoms with Crippen LogP contribution in [0.1, 0.15) is 80.1 Å². The molecule has 1 fully saturated rings. The van der Waals surface area contributed by atoms with Crippen LogP contribution in [-0.4, -0.2) is 18.8 Å². The topological polar surface area (TPSA) is 17.1 Å². The molecule has 0 radical (unpaired) electrons. The van der Waals surface area contributed by atoms with E-state index in [4.69, 9.17) is 0 Å². The van der Waals surface area contributed by atoms with E-state index in [1.54, 1.807) is 0 Å². The summed E-state index contributed by atoms with van der Waals surface area (Å²) < 4.78 is 0. The van der Waals surface area contributed by atoms with E-state index in [9.17, 15) is 4.79 Å². The van der Waals surface area contributed by atoms with E-state index in [2.05, 4.69) is 70.9 Å². The van der Waals surface area contributed by atoms with E-state index < -0.39 is 10.0 Å². The smallest absolute Gasteiger partial charge is 0.126 e. The Morgan fingerprint density at radius 2 is 1.92 bits per heavy atom. The molecule has 25 heavy (non-hydrogen) atoms. The molecule has 0 saturated heterocycles. The third kappa shape index (κ3) is 6.01. The molecule has 1 aliphatic rings. The normalized spacial score (nSPS) is 29.1. The minimum Gasteiger partial charge on any atom is -0.303 e. The molecular formula is C23H42OS. The van der Waals surface area contributed by atoms with E-state index in [1.165, 1.54) is 37.5 Å². The molecule has 0 aromatic heterocycles. The highest BCUT2D eigenvalue weighted by atomic mass is 32.3. The molecule has 2 unspecified atom stereocenters. The maximum absolute atomic E-state index is 11.5. The van der Waals surface area contributed by atoms with Gasteiger partial charge in [0.1, 0.15) is 6.29 Å². The Bertz CT molecular complexity index is 500. The third-order valence-corrected chi connectivity index (χ3v) is 8.67. The van der Waals surface area contributed by atoms with Gasteiger partial charge < -0.3 is 4.79 Å². The Balaban J connectivity index is 2.49. The molecule has 1 rings (SSSR count). The molecule has 0 amide bonds. The Labute approximate surface area is 159 Å². The third-order valence-electron chi connectivity index (χ3n) is 6.80. The fourth-order valence-electron chi connectivity index (χ4n) is 4.10. The summed E-state index contributed by atoms with van der Waals surface area (Å²) in [4.78, 5) is 11.5. The lowest BCUT2D eigenvalue weighted by Crippen LogP contribution is -2.35. The molecule has 0 aromatic carbocycles. The summed E-state index contributed by atoms with van der Waals surface area (Å²) in [5, 5.41) is 4.93. The molecule has 1 aliphatic carbocycles. The standard InChI is InChI=1S/C23H42OS/c1-9-19(2)17-25(7,8)16-14-20(3)11-10-12-21-13-15-23(6,18-24)22(21,4)5/h14,16-18,20-21H,9-13,15H2,1-8H3/b16-14-,19-17+/t20?,21?,23-/m1/s1. The Morgan fingerprint density at radius 3 is 2.44 bits per heavy atom. The van der Waals surface area contributed by atoms with Crippen LogP contribution in [0.3, 0.4) is 0 Å². The Morgan fingerprint density at radius 1 is 1.28 bits per heavy atom. The van der Waals surface area contributed by atoms with Crippen LogP contribution < -0.4 is 0 Å². The van der Waals surface area contributed by atoms with Gasteiger partial charge in [-0.25, -0.2) is 10.0 Å². The summed E-state index contributed by atoms with van der Waals surface area (Å²) in [7, 11) is -0.747. The van der Waals surface area contributed by atoms with Crippen molar-refractivity contribution in [3.05, 3.63) is 22.5 Å². The predicted molar refractivity (Wildman–Crippen MR) is 116 cm³/mol. The quantitative estimate of drug-likeness (QED) is 0.390. The van der Waals surface area contributed by atoms with Gasteiger partial charge in [0.25, 0.3) is 0 Å². The van der Waals surface area contributed by atoms with Crippen molar-refractivity contribution in [2.75, 3.05) is 12.5 Å². The number of allylic oxidation sites excluding steroid dienone is 2. The van der Waals surface area contributed by atoms with Gasteiger partial charge in [-0.2, -0.15) is 0 Å². The molecule has 146 valence electrons. The van der Waals surface area contributed by atoms with E-state index in [-0.39, 0.29) is 10.8 Å². The lowest BCUT2D eigenvalue weighted by molar-refractivity contribution is -0.120. The van der Waals surface area contributed by atoms with Crippen LogP contribution >= 0.6 is 10.0 Å². The van der Waals surface area contributed by atoms with E-state index in [0.29, 0.717) is 11.8 Å². The Hall–Kier alpha value is -0.500. The van der Waals surface area contributed by atoms with Crippen molar-refractivity contribution in [3.63, 3.8) is 0 Å². The first-order valence-corrected chi connectivity index (χ1v) is 12.6. The van der Waals surface area contributed by atoms with Crippen LogP contribution in [0.2, 0.25) is 0 Å². The van der Waals surface area contributed by atoms with Gasteiger partial charge >= 0.3 is 0 Å². The summed E-state index contributed by atoms with van der Waals surface area (Å²) in [5.74, 6) is 1.33. The van der Waals surface area contributed by atoms with Crippen LogP contribution in [-0.2, 0) is 4.79 Å². The second-order valence-electron chi connectivity index (χ2n) is 9.53. The van der Waals surface area contributed by atoms with Crippen LogP contribution in [0.15, 0.2) is 22.5 Å². The van der Waals surface area contributed by atoms with Gasteiger partial charge in [-0.1, -0.05) is 52.7 Å². The van der Waals surface area contributed by atoms with E-state index >= 15 is 0 Å². The highest BCUT2D eigenvalue weighted by Gasteiger charge is 2.50. The monoisotopic (exact) mass is 366 g/mol. The molecule has 0 N–H and O–H groups in total. The number of carbonyl (C=O) groups is 1. The lowest BCUT2D eigenvalue weighted by atomic mass is 9.65. The fourth-order valence-corrected chi connectivity index (χ4v) is 6.06. The van der Waals surface area contributed by atoms with Crippen molar-refractivity contribution >= 4 is 16.3 Å². The van der Waals surface area contributed by atoms with Gasteiger partial charge in [0.2, 0.25) is 0 Å². The van der Waals surface area contributed by atoms with E-state index in [0.717, 1.165) is 12.8 Å². The number of hydrogen-bond acceptors (Lipinski definition) is 1. The molecule has 1 saturated carbocycles. The van der Waals surface area contributed by atoms with Crippen LogP contribution in [0, 0.1) is 22.7 Å². The fraction of sp³-hybridized carbons (Fsp3) is 0.783. The van der Waals surface area contributed by atoms with Crippen molar-refractivity contribution in [3.8, 4) is 0 Å². The number of aldehydes is 1. The second-order valence-corrected chi connectivity index (χ2v) is 13.0. The van der Waals surface area contributed by atoms with Crippen molar-refractivity contribution in [1.29, 1.82) is 0 Å². The SMILES string of the molecule is CC/C(C)=C/S(C)(C)/C=C\C(C)CCCC1CC[C@](C)(C=O)C1(C)C. The summed E-state index contributed by atoms with van der Waals surface area (Å²) in [6.45, 7) is 13.6. The van der Waals surface area contributed by atoms with Gasteiger partial charge in [-0.05, 0) is 79.6 Å². The first-order chi connectivity index (χ1) is 11.5. The van der Waals surface area contributed by atoms with Crippen molar-refractivity contribution in [2.45, 2.75) is 80.1 Å². The van der Waals surface area contributed by atoms with Crippen molar-refractivity contribution in [2.24, 2.45) is 22.7 Å². The molecule has 0 heterocycles. The van der Waals surface area contributed by atoms with Gasteiger partial charge in [0.15, 0.2) is 0 Å². The molecule has 1 nitrogen and oxygen atoms in total. The minimum atomic E-state index is -0.747. The summed E-state index contributed by atoms with van der Waals surface area (Å²) in [5.41, 5.74) is 1.52. The molecule has 2 heteroatoms. The second kappa shape index (κ2) is 8.93. The van der Waals surface area contributed by atoms with Gasteiger partial charge in [-0.3, -0.25) is 0 Å².